The molecule has 3 aliphatic rings. The zero-order valence-electron chi connectivity index (χ0n) is 16.7. The van der Waals surface area contributed by atoms with Crippen LogP contribution in [0.4, 0.5) is 0 Å². The highest BCUT2D eigenvalue weighted by molar-refractivity contribution is 5.95. The normalized spacial score (nSPS) is 21.6. The summed E-state index contributed by atoms with van der Waals surface area (Å²) in [6.45, 7) is 3.57. The minimum Gasteiger partial charge on any atom is -0.501 e. The lowest BCUT2D eigenvalue weighted by Crippen LogP contribution is -2.44. The van der Waals surface area contributed by atoms with Crippen molar-refractivity contribution in [2.24, 2.45) is 0 Å². The average molecular weight is 383 g/mol. The van der Waals surface area contributed by atoms with Crippen LogP contribution in [0.1, 0.15) is 36.8 Å². The maximum atomic E-state index is 13.0. The van der Waals surface area contributed by atoms with Gasteiger partial charge in [0.1, 0.15) is 0 Å². The van der Waals surface area contributed by atoms with Crippen molar-refractivity contribution in [2.75, 3.05) is 33.3 Å². The quantitative estimate of drug-likeness (QED) is 0.851. The van der Waals surface area contributed by atoms with Gasteiger partial charge in [0.2, 0.25) is 5.91 Å². The molecule has 0 aromatic heterocycles. The van der Waals surface area contributed by atoms with E-state index in [4.69, 9.17) is 4.74 Å². The highest BCUT2D eigenvalue weighted by atomic mass is 16.5. The number of methoxy groups -OCH3 is 1. The summed E-state index contributed by atoms with van der Waals surface area (Å²) >= 11 is 0. The van der Waals surface area contributed by atoms with E-state index < -0.39 is 6.10 Å². The van der Waals surface area contributed by atoms with E-state index in [-0.39, 0.29) is 5.91 Å². The molecule has 150 valence electrons. The summed E-state index contributed by atoms with van der Waals surface area (Å²) in [4.78, 5) is 17.2. The van der Waals surface area contributed by atoms with Crippen molar-refractivity contribution < 1.29 is 14.6 Å². The summed E-state index contributed by atoms with van der Waals surface area (Å²) in [6, 6.07) is 8.53. The lowest BCUT2D eigenvalue weighted by Gasteiger charge is -2.32. The van der Waals surface area contributed by atoms with Crippen LogP contribution < -0.4 is 0 Å². The van der Waals surface area contributed by atoms with Gasteiger partial charge in [-0.05, 0) is 48.5 Å². The molecule has 28 heavy (non-hydrogen) atoms. The molecule has 2 aliphatic heterocycles. The fourth-order valence-corrected chi connectivity index (χ4v) is 4.64. The molecule has 0 saturated heterocycles. The van der Waals surface area contributed by atoms with Crippen molar-refractivity contribution in [3.8, 4) is 0 Å². The number of aliphatic hydroxyl groups excluding tert-OH is 1. The van der Waals surface area contributed by atoms with Crippen molar-refractivity contribution in [2.45, 2.75) is 44.8 Å². The average Bonchev–Trinajstić information content (AvgIpc) is 2.86. The molecule has 0 bridgehead atoms. The smallest absolute Gasteiger partial charge is 0.250 e. The summed E-state index contributed by atoms with van der Waals surface area (Å²) in [7, 11) is 1.69. The van der Waals surface area contributed by atoms with Crippen LogP contribution >= 0.6 is 0 Å². The summed E-state index contributed by atoms with van der Waals surface area (Å²) in [5.74, 6) is 1.06. The third-order valence-corrected chi connectivity index (χ3v) is 6.14. The van der Waals surface area contributed by atoms with Crippen molar-refractivity contribution in [1.82, 2.24) is 9.80 Å². The van der Waals surface area contributed by atoms with Crippen LogP contribution in [0.15, 0.2) is 47.2 Å². The van der Waals surface area contributed by atoms with Crippen LogP contribution in [0, 0.1) is 0 Å². The van der Waals surface area contributed by atoms with Gasteiger partial charge >= 0.3 is 0 Å². The number of rotatable bonds is 5. The highest BCUT2D eigenvalue weighted by Crippen LogP contribution is 2.31. The zero-order valence-corrected chi connectivity index (χ0v) is 16.7. The Bertz CT molecular complexity index is 799. The summed E-state index contributed by atoms with van der Waals surface area (Å²) in [5.41, 5.74) is 4.80. The second-order valence-corrected chi connectivity index (χ2v) is 8.08. The number of hydrogen-bond donors (Lipinski definition) is 1. The number of carbonyl (C=O) groups is 1. The Balaban J connectivity index is 1.37. The molecule has 1 N–H and O–H groups in total. The molecular formula is C23H30N2O3. The van der Waals surface area contributed by atoms with Gasteiger partial charge in [-0.1, -0.05) is 24.3 Å². The monoisotopic (exact) mass is 382 g/mol. The zero-order chi connectivity index (χ0) is 19.5. The predicted molar refractivity (Wildman–Crippen MR) is 109 cm³/mol. The number of β-amino-alcohol motifs (C(OH)–C–C–N with tert-alkyl or cyclic N) is 1. The second kappa shape index (κ2) is 8.50. The number of amides is 1. The number of nitrogens with zero attached hydrogens (tertiary/aromatic N) is 2. The van der Waals surface area contributed by atoms with E-state index in [2.05, 4.69) is 29.2 Å². The number of hydrogen-bond acceptors (Lipinski definition) is 4. The molecule has 4 rings (SSSR count). The number of allylic oxidation sites excluding steroid dienone is 3. The summed E-state index contributed by atoms with van der Waals surface area (Å²) in [6.07, 6.45) is 5.90. The van der Waals surface area contributed by atoms with E-state index in [1.807, 2.05) is 11.0 Å². The van der Waals surface area contributed by atoms with Gasteiger partial charge in [0, 0.05) is 44.7 Å². The van der Waals surface area contributed by atoms with Gasteiger partial charge in [-0.15, -0.1) is 0 Å². The molecule has 0 radical (unpaired) electrons. The van der Waals surface area contributed by atoms with Crippen LogP contribution in [0.25, 0.3) is 0 Å². The number of carbonyl (C=O) groups excluding carboxylic acids is 1. The minimum absolute atomic E-state index is 0.0990. The fraction of sp³-hybridized carbons (Fsp3) is 0.522. The second-order valence-electron chi connectivity index (χ2n) is 8.08. The maximum Gasteiger partial charge on any atom is 0.250 e. The van der Waals surface area contributed by atoms with Gasteiger partial charge in [0.15, 0.2) is 0 Å². The Hall–Kier alpha value is -2.11. The predicted octanol–water partition coefficient (Wildman–Crippen LogP) is 2.65. The first-order chi connectivity index (χ1) is 13.6. The molecule has 0 saturated carbocycles. The van der Waals surface area contributed by atoms with Crippen molar-refractivity contribution >= 4 is 5.91 Å². The lowest BCUT2D eigenvalue weighted by molar-refractivity contribution is -0.128. The summed E-state index contributed by atoms with van der Waals surface area (Å²) < 4.78 is 5.37. The van der Waals surface area contributed by atoms with Gasteiger partial charge in [-0.3, -0.25) is 9.69 Å². The van der Waals surface area contributed by atoms with E-state index in [1.54, 1.807) is 7.11 Å². The molecule has 0 spiro atoms. The molecule has 1 aliphatic carbocycles. The topological polar surface area (TPSA) is 53.0 Å². The SMILES string of the molecule is COC1=CC2=C(CC1)C(=O)N(CC(O)CN1CCc3ccccc3C1)CCC2. The van der Waals surface area contributed by atoms with Crippen molar-refractivity contribution in [1.29, 1.82) is 0 Å². The third kappa shape index (κ3) is 4.15. The van der Waals surface area contributed by atoms with Crippen LogP contribution in [0.2, 0.25) is 0 Å². The van der Waals surface area contributed by atoms with E-state index in [1.165, 1.54) is 11.1 Å². The largest absolute Gasteiger partial charge is 0.501 e. The Morgan fingerprint density at radius 3 is 2.71 bits per heavy atom. The molecule has 5 nitrogen and oxygen atoms in total. The maximum absolute atomic E-state index is 13.0. The van der Waals surface area contributed by atoms with E-state index in [0.717, 1.165) is 62.1 Å². The first-order valence-corrected chi connectivity index (χ1v) is 10.4. The Morgan fingerprint density at radius 2 is 1.89 bits per heavy atom. The highest BCUT2D eigenvalue weighted by Gasteiger charge is 2.29. The molecule has 2 heterocycles. The number of aliphatic hydroxyl groups is 1. The number of fused-ring (bicyclic) bond motifs is 1. The first kappa shape index (κ1) is 19.2. The summed E-state index contributed by atoms with van der Waals surface area (Å²) in [5, 5.41) is 10.7. The molecule has 1 aromatic rings. The number of benzene rings is 1. The lowest BCUT2D eigenvalue weighted by atomic mass is 9.94. The van der Waals surface area contributed by atoms with Gasteiger partial charge in [-0.2, -0.15) is 0 Å². The van der Waals surface area contributed by atoms with Gasteiger partial charge in [-0.25, -0.2) is 0 Å². The molecule has 1 amide bonds. The molecule has 5 heteroatoms. The third-order valence-electron chi connectivity index (χ3n) is 6.14. The van der Waals surface area contributed by atoms with E-state index in [9.17, 15) is 9.90 Å². The molecule has 1 aromatic carbocycles. The standard InChI is InChI=1S/C23H30N2O3/c1-28-21-8-9-22-18(13-21)7-4-11-25(23(22)27)16-20(26)15-24-12-10-17-5-2-3-6-19(17)14-24/h2-3,5-6,13,20,26H,4,7-12,14-16H2,1H3. The van der Waals surface area contributed by atoms with E-state index >= 15 is 0 Å². The van der Waals surface area contributed by atoms with E-state index in [0.29, 0.717) is 19.6 Å². The van der Waals surface area contributed by atoms with Crippen LogP contribution in [0.3, 0.4) is 0 Å². The molecule has 1 atom stereocenters. The van der Waals surface area contributed by atoms with Gasteiger partial charge < -0.3 is 14.7 Å². The Labute approximate surface area is 167 Å². The van der Waals surface area contributed by atoms with Crippen LogP contribution in [-0.2, 0) is 22.5 Å². The molecular weight excluding hydrogens is 352 g/mol. The van der Waals surface area contributed by atoms with Gasteiger partial charge in [0.05, 0.1) is 19.0 Å². The van der Waals surface area contributed by atoms with Crippen molar-refractivity contribution in [3.63, 3.8) is 0 Å². The Kier molecular flexibility index (Phi) is 5.83. The Morgan fingerprint density at radius 1 is 1.07 bits per heavy atom. The molecule has 1 unspecified atom stereocenters. The van der Waals surface area contributed by atoms with Crippen molar-refractivity contribution in [3.05, 3.63) is 58.4 Å². The first-order valence-electron chi connectivity index (χ1n) is 10.4. The van der Waals surface area contributed by atoms with Gasteiger partial charge in [0.25, 0.3) is 0 Å². The number of ether oxygens (including phenoxy) is 1. The fourth-order valence-electron chi connectivity index (χ4n) is 4.64. The minimum atomic E-state index is -0.523. The van der Waals surface area contributed by atoms with Crippen LogP contribution in [-0.4, -0.2) is 60.2 Å². The molecule has 0 fully saturated rings. The van der Waals surface area contributed by atoms with Crippen LogP contribution in [0.5, 0.6) is 0 Å².